The molecule has 1 fully saturated rings. The van der Waals surface area contributed by atoms with Gasteiger partial charge in [-0.25, -0.2) is 0 Å². The Morgan fingerprint density at radius 2 is 2.27 bits per heavy atom. The van der Waals surface area contributed by atoms with E-state index in [9.17, 15) is 4.79 Å². The first-order valence-electron chi connectivity index (χ1n) is 7.64. The van der Waals surface area contributed by atoms with E-state index in [1.54, 1.807) is 18.6 Å². The van der Waals surface area contributed by atoms with E-state index in [-0.39, 0.29) is 11.9 Å². The first-order valence-corrected chi connectivity index (χ1v) is 7.64. The minimum atomic E-state index is 0.0610. The van der Waals surface area contributed by atoms with Crippen molar-refractivity contribution in [1.29, 1.82) is 0 Å². The maximum absolute atomic E-state index is 12.6. The summed E-state index contributed by atoms with van der Waals surface area (Å²) < 4.78 is 5.15. The van der Waals surface area contributed by atoms with Crippen LogP contribution in [-0.4, -0.2) is 32.5 Å². The van der Waals surface area contributed by atoms with Gasteiger partial charge in [-0.2, -0.15) is 0 Å². The molecule has 1 unspecified atom stereocenters. The first-order chi connectivity index (χ1) is 10.7. The highest BCUT2D eigenvalue weighted by molar-refractivity contribution is 5.77. The molecule has 1 saturated heterocycles. The summed E-state index contributed by atoms with van der Waals surface area (Å²) in [5, 5.41) is 3.94. The molecule has 6 heteroatoms. The van der Waals surface area contributed by atoms with Crippen LogP contribution in [0.2, 0.25) is 0 Å². The van der Waals surface area contributed by atoms with Crippen molar-refractivity contribution in [3.05, 3.63) is 41.3 Å². The summed E-state index contributed by atoms with van der Waals surface area (Å²) >= 11 is 0. The lowest BCUT2D eigenvalue weighted by Crippen LogP contribution is -2.31. The second-order valence-electron chi connectivity index (χ2n) is 5.68. The lowest BCUT2D eigenvalue weighted by atomic mass is 10.1. The molecule has 1 aliphatic heterocycles. The van der Waals surface area contributed by atoms with Crippen LogP contribution >= 0.6 is 0 Å². The van der Waals surface area contributed by atoms with Gasteiger partial charge in [-0.1, -0.05) is 5.16 Å². The smallest absolute Gasteiger partial charge is 0.223 e. The molecule has 3 rings (SSSR count). The summed E-state index contributed by atoms with van der Waals surface area (Å²) in [5.41, 5.74) is 2.80. The molecule has 1 aliphatic rings. The summed E-state index contributed by atoms with van der Waals surface area (Å²) in [6.07, 6.45) is 8.20. The molecular formula is C16H20N4O2. The van der Waals surface area contributed by atoms with Crippen molar-refractivity contribution in [2.45, 2.75) is 45.6 Å². The van der Waals surface area contributed by atoms with Crippen molar-refractivity contribution in [2.75, 3.05) is 6.54 Å². The van der Waals surface area contributed by atoms with E-state index in [1.165, 1.54) is 0 Å². The highest BCUT2D eigenvalue weighted by atomic mass is 16.5. The second kappa shape index (κ2) is 6.25. The number of rotatable bonds is 4. The summed E-state index contributed by atoms with van der Waals surface area (Å²) in [4.78, 5) is 23.0. The van der Waals surface area contributed by atoms with Gasteiger partial charge in [0.1, 0.15) is 5.76 Å². The maximum atomic E-state index is 12.6. The Balaban J connectivity index is 1.67. The van der Waals surface area contributed by atoms with Crippen LogP contribution in [0.3, 0.4) is 0 Å². The van der Waals surface area contributed by atoms with Gasteiger partial charge in [0.25, 0.3) is 0 Å². The quantitative estimate of drug-likeness (QED) is 0.867. The lowest BCUT2D eigenvalue weighted by molar-refractivity contribution is -0.132. The third-order valence-electron chi connectivity index (χ3n) is 4.27. The van der Waals surface area contributed by atoms with Crippen molar-refractivity contribution in [3.8, 4) is 0 Å². The monoisotopic (exact) mass is 300 g/mol. The molecule has 2 aromatic rings. The molecule has 6 nitrogen and oxygen atoms in total. The van der Waals surface area contributed by atoms with Gasteiger partial charge in [0, 0.05) is 30.9 Å². The van der Waals surface area contributed by atoms with Gasteiger partial charge in [0.2, 0.25) is 5.91 Å². The summed E-state index contributed by atoms with van der Waals surface area (Å²) in [6, 6.07) is 0.0610. The zero-order valence-corrected chi connectivity index (χ0v) is 13.0. The third kappa shape index (κ3) is 2.86. The Bertz CT molecular complexity index is 634. The number of likely N-dealkylation sites (tertiary alicyclic amines) is 1. The van der Waals surface area contributed by atoms with E-state index >= 15 is 0 Å². The van der Waals surface area contributed by atoms with Gasteiger partial charge in [0.05, 0.1) is 23.6 Å². The summed E-state index contributed by atoms with van der Waals surface area (Å²) in [7, 11) is 0. The molecular weight excluding hydrogens is 280 g/mol. The van der Waals surface area contributed by atoms with Gasteiger partial charge in [0.15, 0.2) is 0 Å². The standard InChI is InChI=1S/C16H20N4O2/c1-11-13(12(2)22-19-11)5-6-16(21)20-9-3-4-15(20)14-10-17-7-8-18-14/h7-8,10,15H,3-6,9H2,1-2H3. The van der Waals surface area contributed by atoms with Crippen molar-refractivity contribution >= 4 is 5.91 Å². The fourth-order valence-electron chi connectivity index (χ4n) is 3.09. The number of hydrogen-bond acceptors (Lipinski definition) is 5. The molecule has 0 aromatic carbocycles. The van der Waals surface area contributed by atoms with Gasteiger partial charge >= 0.3 is 0 Å². The number of carbonyl (C=O) groups is 1. The zero-order valence-electron chi connectivity index (χ0n) is 13.0. The second-order valence-corrected chi connectivity index (χ2v) is 5.68. The predicted molar refractivity (Wildman–Crippen MR) is 80.0 cm³/mol. The Hall–Kier alpha value is -2.24. The molecule has 0 aliphatic carbocycles. The molecule has 0 N–H and O–H groups in total. The Morgan fingerprint density at radius 3 is 2.95 bits per heavy atom. The molecule has 1 amide bonds. The SMILES string of the molecule is Cc1noc(C)c1CCC(=O)N1CCCC1c1cnccn1. The van der Waals surface area contributed by atoms with Crippen LogP contribution in [0.25, 0.3) is 0 Å². The number of nitrogens with zero attached hydrogens (tertiary/aromatic N) is 4. The molecule has 22 heavy (non-hydrogen) atoms. The Kier molecular flexibility index (Phi) is 4.18. The van der Waals surface area contributed by atoms with Crippen LogP contribution in [0, 0.1) is 13.8 Å². The van der Waals surface area contributed by atoms with Crippen LogP contribution < -0.4 is 0 Å². The molecule has 0 radical (unpaired) electrons. The minimum Gasteiger partial charge on any atom is -0.361 e. The number of carbonyl (C=O) groups excluding carboxylic acids is 1. The topological polar surface area (TPSA) is 72.1 Å². The number of aryl methyl sites for hydroxylation is 2. The molecule has 0 spiro atoms. The van der Waals surface area contributed by atoms with E-state index in [2.05, 4.69) is 15.1 Å². The van der Waals surface area contributed by atoms with Gasteiger partial charge in [-0.3, -0.25) is 14.8 Å². The summed E-state index contributed by atoms with van der Waals surface area (Å²) in [5.74, 6) is 0.963. The average Bonchev–Trinajstić information content (AvgIpc) is 3.14. The van der Waals surface area contributed by atoms with E-state index in [4.69, 9.17) is 4.52 Å². The lowest BCUT2D eigenvalue weighted by Gasteiger charge is -2.24. The van der Waals surface area contributed by atoms with Crippen LogP contribution in [-0.2, 0) is 11.2 Å². The van der Waals surface area contributed by atoms with Crippen molar-refractivity contribution in [2.24, 2.45) is 0 Å². The van der Waals surface area contributed by atoms with Crippen LogP contribution in [0.4, 0.5) is 0 Å². The van der Waals surface area contributed by atoms with Gasteiger partial charge in [-0.15, -0.1) is 0 Å². The molecule has 116 valence electrons. The van der Waals surface area contributed by atoms with Crippen molar-refractivity contribution in [3.63, 3.8) is 0 Å². The highest BCUT2D eigenvalue weighted by Crippen LogP contribution is 2.31. The van der Waals surface area contributed by atoms with E-state index in [0.29, 0.717) is 12.8 Å². The number of amides is 1. The predicted octanol–water partition coefficient (Wildman–Crippen LogP) is 2.38. The maximum Gasteiger partial charge on any atom is 0.223 e. The number of aromatic nitrogens is 3. The zero-order chi connectivity index (χ0) is 15.5. The average molecular weight is 300 g/mol. The first kappa shape index (κ1) is 14.7. The van der Waals surface area contributed by atoms with E-state index in [0.717, 1.165) is 42.1 Å². The molecule has 1 atom stereocenters. The van der Waals surface area contributed by atoms with Crippen molar-refractivity contribution < 1.29 is 9.32 Å². The summed E-state index contributed by atoms with van der Waals surface area (Å²) in [6.45, 7) is 4.59. The van der Waals surface area contributed by atoms with Gasteiger partial charge < -0.3 is 9.42 Å². The normalized spacial score (nSPS) is 17.9. The fraction of sp³-hybridized carbons (Fsp3) is 0.500. The van der Waals surface area contributed by atoms with E-state index in [1.807, 2.05) is 18.7 Å². The Morgan fingerprint density at radius 1 is 1.41 bits per heavy atom. The Labute approximate surface area is 129 Å². The molecule has 3 heterocycles. The highest BCUT2D eigenvalue weighted by Gasteiger charge is 2.30. The third-order valence-corrected chi connectivity index (χ3v) is 4.27. The van der Waals surface area contributed by atoms with Crippen LogP contribution in [0.15, 0.2) is 23.1 Å². The minimum absolute atomic E-state index is 0.0610. The van der Waals surface area contributed by atoms with Crippen LogP contribution in [0.1, 0.15) is 48.0 Å². The van der Waals surface area contributed by atoms with E-state index < -0.39 is 0 Å². The van der Waals surface area contributed by atoms with Crippen LogP contribution in [0.5, 0.6) is 0 Å². The van der Waals surface area contributed by atoms with Crippen molar-refractivity contribution in [1.82, 2.24) is 20.0 Å². The fourth-order valence-corrected chi connectivity index (χ4v) is 3.09. The number of hydrogen-bond donors (Lipinski definition) is 0. The molecule has 0 saturated carbocycles. The largest absolute Gasteiger partial charge is 0.361 e. The molecule has 2 aromatic heterocycles. The van der Waals surface area contributed by atoms with Gasteiger partial charge in [-0.05, 0) is 33.1 Å². The molecule has 0 bridgehead atoms.